The Morgan fingerprint density at radius 3 is 2.69 bits per heavy atom. The van der Waals surface area contributed by atoms with Crippen LogP contribution in [0.15, 0.2) is 39.8 Å². The molecule has 0 fully saturated rings. The first-order chi connectivity index (χ1) is 12.2. The Balaban J connectivity index is 0.00000338. The van der Waals surface area contributed by atoms with Crippen LogP contribution in [0.2, 0.25) is 0 Å². The molecule has 0 spiro atoms. The third-order valence-electron chi connectivity index (χ3n) is 3.42. The highest BCUT2D eigenvalue weighted by atomic mass is 127. The highest BCUT2D eigenvalue weighted by Crippen LogP contribution is 2.03. The third-order valence-corrected chi connectivity index (χ3v) is 3.42. The zero-order valence-corrected chi connectivity index (χ0v) is 17.9. The molecule has 2 rings (SSSR count). The Bertz CT molecular complexity index is 648. The molecule has 1 heterocycles. The molecule has 26 heavy (non-hydrogen) atoms. The third kappa shape index (κ3) is 8.61. The molecule has 2 N–H and O–H groups in total. The van der Waals surface area contributed by atoms with Gasteiger partial charge in [-0.05, 0) is 18.4 Å². The Hall–Kier alpha value is -1.68. The number of guanidine groups is 1. The zero-order chi connectivity index (χ0) is 17.9. The van der Waals surface area contributed by atoms with Gasteiger partial charge in [-0.2, -0.15) is 4.98 Å². The van der Waals surface area contributed by atoms with E-state index in [-0.39, 0.29) is 24.0 Å². The molecule has 0 bridgehead atoms. The molecule has 0 aliphatic heterocycles. The van der Waals surface area contributed by atoms with Gasteiger partial charge in [0.05, 0.1) is 13.2 Å². The lowest BCUT2D eigenvalue weighted by atomic mass is 10.2. The quantitative estimate of drug-likeness (QED) is 0.331. The minimum Gasteiger partial charge on any atom is -0.376 e. The number of aromatic nitrogens is 2. The van der Waals surface area contributed by atoms with Crippen LogP contribution in [0.25, 0.3) is 0 Å². The largest absolute Gasteiger partial charge is 0.376 e. The lowest BCUT2D eigenvalue weighted by molar-refractivity contribution is 0.0931. The van der Waals surface area contributed by atoms with Crippen molar-refractivity contribution in [3.05, 3.63) is 47.6 Å². The van der Waals surface area contributed by atoms with Gasteiger partial charge in [0.2, 0.25) is 5.89 Å². The van der Waals surface area contributed by atoms with Crippen LogP contribution in [0.3, 0.4) is 0 Å². The molecule has 1 unspecified atom stereocenters. The number of aryl methyl sites for hydroxylation is 1. The molecule has 1 aromatic carbocycles. The molecule has 0 radical (unpaired) electrons. The van der Waals surface area contributed by atoms with Gasteiger partial charge in [-0.1, -0.05) is 42.4 Å². The number of hydrogen-bond donors (Lipinski definition) is 2. The summed E-state index contributed by atoms with van der Waals surface area (Å²) in [6.07, 6.45) is 0. The van der Waals surface area contributed by atoms with Crippen LogP contribution in [0.4, 0.5) is 0 Å². The molecule has 144 valence electrons. The van der Waals surface area contributed by atoms with E-state index in [1.54, 1.807) is 6.92 Å². The Morgan fingerprint density at radius 1 is 1.27 bits per heavy atom. The lowest BCUT2D eigenvalue weighted by Crippen LogP contribution is -2.40. The van der Waals surface area contributed by atoms with Crippen LogP contribution in [0, 0.1) is 12.8 Å². The van der Waals surface area contributed by atoms with E-state index >= 15 is 0 Å². The Kier molecular flexibility index (Phi) is 10.9. The second-order valence-electron chi connectivity index (χ2n) is 5.91. The van der Waals surface area contributed by atoms with E-state index in [1.807, 2.05) is 25.1 Å². The minimum atomic E-state index is 0. The smallest absolute Gasteiger partial charge is 0.223 e. The average molecular weight is 473 g/mol. The normalized spacial score (nSPS) is 12.3. The maximum absolute atomic E-state index is 5.77. The molecular weight excluding hydrogens is 445 g/mol. The van der Waals surface area contributed by atoms with Gasteiger partial charge in [0.1, 0.15) is 6.54 Å². The van der Waals surface area contributed by atoms with Gasteiger partial charge < -0.3 is 19.9 Å². The molecule has 0 saturated heterocycles. The maximum Gasteiger partial charge on any atom is 0.223 e. The predicted octanol–water partition coefficient (Wildman–Crippen LogP) is 2.90. The van der Waals surface area contributed by atoms with Crippen LogP contribution in [-0.2, 0) is 17.9 Å². The summed E-state index contributed by atoms with van der Waals surface area (Å²) in [6, 6.07) is 10.2. The Labute approximate surface area is 172 Å². The van der Waals surface area contributed by atoms with Crippen molar-refractivity contribution < 1.29 is 9.26 Å². The van der Waals surface area contributed by atoms with Crippen LogP contribution in [0.5, 0.6) is 0 Å². The van der Waals surface area contributed by atoms with E-state index in [1.165, 1.54) is 5.56 Å². The lowest BCUT2D eigenvalue weighted by Gasteiger charge is -2.16. The number of rotatable bonds is 9. The van der Waals surface area contributed by atoms with E-state index in [2.05, 4.69) is 44.8 Å². The number of aliphatic imine (C=N–C) groups is 1. The number of nitrogens with zero attached hydrogens (tertiary/aromatic N) is 3. The maximum atomic E-state index is 5.77. The summed E-state index contributed by atoms with van der Waals surface area (Å²) < 4.78 is 10.7. The summed E-state index contributed by atoms with van der Waals surface area (Å²) in [6.45, 7) is 9.20. The summed E-state index contributed by atoms with van der Waals surface area (Å²) in [7, 11) is 0. The van der Waals surface area contributed by atoms with Gasteiger partial charge in [-0.25, -0.2) is 4.99 Å². The molecule has 7 nitrogen and oxygen atoms in total. The van der Waals surface area contributed by atoms with E-state index in [9.17, 15) is 0 Å². The number of hydrogen-bond acceptors (Lipinski definition) is 5. The summed E-state index contributed by atoms with van der Waals surface area (Å²) in [4.78, 5) is 8.61. The molecule has 2 aromatic rings. The second kappa shape index (κ2) is 12.6. The van der Waals surface area contributed by atoms with Gasteiger partial charge in [0, 0.05) is 20.0 Å². The molecule has 1 aromatic heterocycles. The van der Waals surface area contributed by atoms with Gasteiger partial charge in [0.25, 0.3) is 0 Å². The molecule has 8 heteroatoms. The van der Waals surface area contributed by atoms with Crippen LogP contribution in [-0.4, -0.2) is 35.8 Å². The van der Waals surface area contributed by atoms with E-state index in [4.69, 9.17) is 9.26 Å². The number of nitrogens with one attached hydrogen (secondary N) is 2. The highest BCUT2D eigenvalue weighted by molar-refractivity contribution is 14.0. The average Bonchev–Trinajstić information content (AvgIpc) is 3.04. The molecule has 0 amide bonds. The molecule has 0 aliphatic rings. The van der Waals surface area contributed by atoms with Crippen molar-refractivity contribution in [2.45, 2.75) is 33.9 Å². The number of halogens is 1. The standard InChI is InChI=1S/C18H27N5O2.HI/c1-4-19-18(21-11-17-22-15(3)25-23-17)20-10-14(2)12-24-13-16-8-6-5-7-9-16;/h5-9,14H,4,10-13H2,1-3H3,(H2,19,20,21);1H. The molecular formula is C18H28IN5O2. The zero-order valence-electron chi connectivity index (χ0n) is 15.6. The van der Waals surface area contributed by atoms with Gasteiger partial charge in [0.15, 0.2) is 11.8 Å². The number of ether oxygens (including phenoxy) is 1. The van der Waals surface area contributed by atoms with Gasteiger partial charge >= 0.3 is 0 Å². The Morgan fingerprint density at radius 2 is 2.04 bits per heavy atom. The van der Waals surface area contributed by atoms with Crippen molar-refractivity contribution in [3.8, 4) is 0 Å². The fourth-order valence-electron chi connectivity index (χ4n) is 2.18. The first kappa shape index (κ1) is 22.4. The summed E-state index contributed by atoms with van der Waals surface area (Å²) in [5.41, 5.74) is 1.19. The molecule has 0 saturated carbocycles. The van der Waals surface area contributed by atoms with Gasteiger partial charge in [-0.3, -0.25) is 0 Å². The van der Waals surface area contributed by atoms with Crippen molar-refractivity contribution in [3.63, 3.8) is 0 Å². The van der Waals surface area contributed by atoms with Crippen molar-refractivity contribution in [2.75, 3.05) is 19.7 Å². The van der Waals surface area contributed by atoms with E-state index < -0.39 is 0 Å². The molecule has 1 atom stereocenters. The van der Waals surface area contributed by atoms with Crippen molar-refractivity contribution in [1.82, 2.24) is 20.8 Å². The van der Waals surface area contributed by atoms with Crippen molar-refractivity contribution >= 4 is 29.9 Å². The summed E-state index contributed by atoms with van der Waals surface area (Å²) >= 11 is 0. The topological polar surface area (TPSA) is 84.6 Å². The monoisotopic (exact) mass is 473 g/mol. The predicted molar refractivity (Wildman–Crippen MR) is 113 cm³/mol. The fourth-order valence-corrected chi connectivity index (χ4v) is 2.18. The van der Waals surface area contributed by atoms with Gasteiger partial charge in [-0.15, -0.1) is 24.0 Å². The second-order valence-corrected chi connectivity index (χ2v) is 5.91. The van der Waals surface area contributed by atoms with Crippen LogP contribution >= 0.6 is 24.0 Å². The fraction of sp³-hybridized carbons (Fsp3) is 0.500. The van der Waals surface area contributed by atoms with Crippen LogP contribution < -0.4 is 10.6 Å². The highest BCUT2D eigenvalue weighted by Gasteiger charge is 2.06. The summed E-state index contributed by atoms with van der Waals surface area (Å²) in [5, 5.41) is 10.4. The first-order valence-electron chi connectivity index (χ1n) is 8.60. The summed E-state index contributed by atoms with van der Waals surface area (Å²) in [5.74, 6) is 2.22. The van der Waals surface area contributed by atoms with Crippen molar-refractivity contribution in [1.29, 1.82) is 0 Å². The van der Waals surface area contributed by atoms with Crippen molar-refractivity contribution in [2.24, 2.45) is 10.9 Å². The first-order valence-corrected chi connectivity index (χ1v) is 8.60. The molecule has 0 aliphatic carbocycles. The number of benzene rings is 1. The minimum absolute atomic E-state index is 0. The SMILES string of the molecule is CCNC(=NCc1noc(C)n1)NCC(C)COCc1ccccc1.I. The van der Waals surface area contributed by atoms with E-state index in [0.717, 1.165) is 19.0 Å². The van der Waals surface area contributed by atoms with Crippen LogP contribution in [0.1, 0.15) is 31.1 Å². The van der Waals surface area contributed by atoms with E-state index in [0.29, 0.717) is 37.4 Å².